The molecule has 18 heavy (non-hydrogen) atoms. The van der Waals surface area contributed by atoms with Crippen molar-refractivity contribution in [3.63, 3.8) is 0 Å². The van der Waals surface area contributed by atoms with Crippen molar-refractivity contribution in [1.29, 1.82) is 0 Å². The molecule has 0 atom stereocenters. The van der Waals surface area contributed by atoms with Crippen molar-refractivity contribution in [2.24, 2.45) is 4.99 Å². The van der Waals surface area contributed by atoms with E-state index < -0.39 is 0 Å². The quantitative estimate of drug-likeness (QED) is 0.723. The number of carbonyl (C=O) groups excluding carboxylic acids is 1. The molecule has 0 bridgehead atoms. The molecule has 2 fully saturated rings. The molecule has 5 heteroatoms. The minimum Gasteiger partial charge on any atom is -0.335 e. The average molecular weight is 250 g/mol. The summed E-state index contributed by atoms with van der Waals surface area (Å²) in [6.45, 7) is 9.46. The fourth-order valence-corrected chi connectivity index (χ4v) is 2.29. The van der Waals surface area contributed by atoms with E-state index in [9.17, 15) is 4.79 Å². The van der Waals surface area contributed by atoms with Crippen molar-refractivity contribution in [3.8, 4) is 0 Å². The third-order valence-electron chi connectivity index (χ3n) is 3.60. The maximum absolute atomic E-state index is 12.1. The second-order valence-electron chi connectivity index (χ2n) is 4.84. The largest absolute Gasteiger partial charge is 0.335 e. The number of nitrogens with one attached hydrogen (secondary N) is 1. The van der Waals surface area contributed by atoms with Gasteiger partial charge in [0.25, 0.3) is 5.91 Å². The summed E-state index contributed by atoms with van der Waals surface area (Å²) < 4.78 is 0. The van der Waals surface area contributed by atoms with Crippen LogP contribution in [0.5, 0.6) is 0 Å². The molecule has 2 heterocycles. The Hall–Kier alpha value is -1.20. The van der Waals surface area contributed by atoms with Crippen molar-refractivity contribution in [3.05, 3.63) is 12.3 Å². The summed E-state index contributed by atoms with van der Waals surface area (Å²) in [4.78, 5) is 20.6. The van der Waals surface area contributed by atoms with Crippen LogP contribution in [-0.2, 0) is 4.79 Å². The van der Waals surface area contributed by atoms with Gasteiger partial charge in [-0.15, -0.1) is 0 Å². The monoisotopic (exact) mass is 250 g/mol. The molecule has 100 valence electrons. The lowest BCUT2D eigenvalue weighted by atomic mass is 10.1. The summed E-state index contributed by atoms with van der Waals surface area (Å²) in [7, 11) is 0. The van der Waals surface area contributed by atoms with Gasteiger partial charge in [0.1, 0.15) is 5.71 Å². The highest BCUT2D eigenvalue weighted by Gasteiger charge is 2.29. The van der Waals surface area contributed by atoms with E-state index in [-0.39, 0.29) is 5.91 Å². The first kappa shape index (κ1) is 13.2. The number of amides is 1. The van der Waals surface area contributed by atoms with E-state index in [2.05, 4.69) is 15.2 Å². The van der Waals surface area contributed by atoms with Crippen LogP contribution in [0.1, 0.15) is 13.8 Å². The first-order valence-corrected chi connectivity index (χ1v) is 6.62. The Bertz CT molecular complexity index is 352. The van der Waals surface area contributed by atoms with E-state index in [0.717, 1.165) is 39.3 Å². The molecule has 0 radical (unpaired) electrons. The zero-order valence-corrected chi connectivity index (χ0v) is 11.2. The second-order valence-corrected chi connectivity index (χ2v) is 4.84. The topological polar surface area (TPSA) is 47.9 Å². The molecule has 0 aliphatic carbocycles. The van der Waals surface area contributed by atoms with Crippen molar-refractivity contribution < 1.29 is 4.79 Å². The molecule has 2 rings (SSSR count). The third kappa shape index (κ3) is 2.97. The zero-order valence-electron chi connectivity index (χ0n) is 11.2. The molecule has 2 saturated heterocycles. The summed E-state index contributed by atoms with van der Waals surface area (Å²) in [6, 6.07) is 0.681. The summed E-state index contributed by atoms with van der Waals surface area (Å²) in [5, 5.41) is 3.28. The number of piperazine rings is 1. The SMILES string of the molecule is C/C=C\N=C(C)C(=O)N1CCN(C2CNC2)CC1. The maximum atomic E-state index is 12.1. The minimum absolute atomic E-state index is 0.0690. The maximum Gasteiger partial charge on any atom is 0.268 e. The molecule has 1 amide bonds. The molecule has 0 aromatic carbocycles. The molecule has 0 unspecified atom stereocenters. The van der Waals surface area contributed by atoms with Gasteiger partial charge >= 0.3 is 0 Å². The molecule has 2 aliphatic rings. The van der Waals surface area contributed by atoms with Gasteiger partial charge < -0.3 is 10.2 Å². The van der Waals surface area contributed by atoms with E-state index in [1.54, 1.807) is 13.1 Å². The van der Waals surface area contributed by atoms with Gasteiger partial charge in [-0.2, -0.15) is 0 Å². The fraction of sp³-hybridized carbons (Fsp3) is 0.692. The van der Waals surface area contributed by atoms with Gasteiger partial charge in [0, 0.05) is 51.5 Å². The summed E-state index contributed by atoms with van der Waals surface area (Å²) >= 11 is 0. The van der Waals surface area contributed by atoms with Crippen molar-refractivity contribution in [2.75, 3.05) is 39.3 Å². The molecule has 2 aliphatic heterocycles. The van der Waals surface area contributed by atoms with Crippen LogP contribution in [0.25, 0.3) is 0 Å². The Labute approximate surface area is 109 Å². The molecule has 0 spiro atoms. The number of carbonyl (C=O) groups is 1. The van der Waals surface area contributed by atoms with E-state index in [1.807, 2.05) is 17.9 Å². The standard InChI is InChI=1S/C13H22N4O/c1-3-4-15-11(2)13(18)17-7-5-16(6-8-17)12-9-14-10-12/h3-4,12,14H,5-10H2,1-2H3/b4-3-,15-11?. The highest BCUT2D eigenvalue weighted by atomic mass is 16.2. The second kappa shape index (κ2) is 6.11. The van der Waals surface area contributed by atoms with Gasteiger partial charge in [0.05, 0.1) is 0 Å². The van der Waals surface area contributed by atoms with Crippen molar-refractivity contribution >= 4 is 11.6 Å². The lowest BCUT2D eigenvalue weighted by molar-refractivity contribution is -0.126. The van der Waals surface area contributed by atoms with Gasteiger partial charge in [0.2, 0.25) is 0 Å². The smallest absolute Gasteiger partial charge is 0.268 e. The predicted octanol–water partition coefficient (Wildman–Crippen LogP) is 0.0969. The highest BCUT2D eigenvalue weighted by Crippen LogP contribution is 2.10. The molecular weight excluding hydrogens is 228 g/mol. The minimum atomic E-state index is 0.0690. The van der Waals surface area contributed by atoms with E-state index >= 15 is 0 Å². The molecule has 1 N–H and O–H groups in total. The number of nitrogens with zero attached hydrogens (tertiary/aromatic N) is 3. The van der Waals surface area contributed by atoms with Crippen molar-refractivity contribution in [2.45, 2.75) is 19.9 Å². The Morgan fingerprint density at radius 1 is 1.28 bits per heavy atom. The van der Waals surface area contributed by atoms with Crippen LogP contribution in [0.3, 0.4) is 0 Å². The van der Waals surface area contributed by atoms with Crippen LogP contribution in [0, 0.1) is 0 Å². The van der Waals surface area contributed by atoms with Gasteiger partial charge in [-0.3, -0.25) is 14.7 Å². The Morgan fingerprint density at radius 3 is 2.44 bits per heavy atom. The Balaban J connectivity index is 1.83. The molecule has 0 aromatic heterocycles. The molecule has 5 nitrogen and oxygen atoms in total. The third-order valence-corrected chi connectivity index (χ3v) is 3.60. The van der Waals surface area contributed by atoms with Crippen molar-refractivity contribution in [1.82, 2.24) is 15.1 Å². The molecule has 0 saturated carbocycles. The number of rotatable bonds is 3. The zero-order chi connectivity index (χ0) is 13.0. The van der Waals surface area contributed by atoms with Crippen LogP contribution >= 0.6 is 0 Å². The number of hydrogen-bond donors (Lipinski definition) is 1. The fourth-order valence-electron chi connectivity index (χ4n) is 2.29. The first-order chi connectivity index (χ1) is 8.72. The molecule has 0 aromatic rings. The first-order valence-electron chi connectivity index (χ1n) is 6.62. The van der Waals surface area contributed by atoms with Crippen LogP contribution in [0.15, 0.2) is 17.3 Å². The lowest BCUT2D eigenvalue weighted by Crippen LogP contribution is -2.62. The van der Waals surface area contributed by atoms with E-state index in [0.29, 0.717) is 11.8 Å². The lowest BCUT2D eigenvalue weighted by Gasteiger charge is -2.43. The van der Waals surface area contributed by atoms with Gasteiger partial charge in [-0.25, -0.2) is 0 Å². The van der Waals surface area contributed by atoms with Gasteiger partial charge in [0.15, 0.2) is 0 Å². The summed E-state index contributed by atoms with van der Waals surface area (Å²) in [5.41, 5.74) is 0.576. The highest BCUT2D eigenvalue weighted by molar-refractivity contribution is 6.38. The Morgan fingerprint density at radius 2 is 1.94 bits per heavy atom. The van der Waals surface area contributed by atoms with Gasteiger partial charge in [-0.1, -0.05) is 6.08 Å². The summed E-state index contributed by atoms with van der Waals surface area (Å²) in [6.07, 6.45) is 3.50. The number of allylic oxidation sites excluding steroid dienone is 1. The van der Waals surface area contributed by atoms with Crippen LogP contribution in [0.2, 0.25) is 0 Å². The summed E-state index contributed by atoms with van der Waals surface area (Å²) in [5.74, 6) is 0.0690. The average Bonchev–Trinajstić information content (AvgIpc) is 2.34. The number of aliphatic imine (C=N–C) groups is 1. The molecular formula is C13H22N4O. The number of hydrogen-bond acceptors (Lipinski definition) is 4. The normalized spacial score (nSPS) is 23.4. The van der Waals surface area contributed by atoms with Crippen LogP contribution < -0.4 is 5.32 Å². The van der Waals surface area contributed by atoms with E-state index in [4.69, 9.17) is 0 Å². The van der Waals surface area contributed by atoms with E-state index in [1.165, 1.54) is 0 Å². The van der Waals surface area contributed by atoms with Crippen LogP contribution in [-0.4, -0.2) is 66.7 Å². The van der Waals surface area contributed by atoms with Gasteiger partial charge in [-0.05, 0) is 13.8 Å². The van der Waals surface area contributed by atoms with Crippen LogP contribution in [0.4, 0.5) is 0 Å². The predicted molar refractivity (Wildman–Crippen MR) is 72.7 cm³/mol. The Kier molecular flexibility index (Phi) is 4.49.